The maximum atomic E-state index is 14.0. The average Bonchev–Trinajstić information content (AvgIpc) is 3.15. The molecule has 2 aromatic heterocycles. The van der Waals surface area contributed by atoms with Crippen molar-refractivity contribution >= 4 is 5.82 Å². The zero-order chi connectivity index (χ0) is 24.0. The van der Waals surface area contributed by atoms with E-state index in [1.54, 1.807) is 36.5 Å². The molecule has 1 spiro atoms. The molecule has 1 N–H and O–H groups in total. The summed E-state index contributed by atoms with van der Waals surface area (Å²) in [5.74, 6) is 0.713. The lowest BCUT2D eigenvalue weighted by molar-refractivity contribution is 0.158. The van der Waals surface area contributed by atoms with E-state index in [1.807, 2.05) is 6.07 Å². The minimum absolute atomic E-state index is 0.188. The van der Waals surface area contributed by atoms with Gasteiger partial charge in [-0.05, 0) is 55.4 Å². The molecule has 0 saturated carbocycles. The fraction of sp³-hybridized carbons (Fsp3) is 0.240. The number of pyridine rings is 1. The summed E-state index contributed by atoms with van der Waals surface area (Å²) >= 11 is 0. The molecule has 0 unspecified atom stereocenters. The molecule has 4 heterocycles. The predicted molar refractivity (Wildman–Crippen MR) is 125 cm³/mol. The molecule has 2 aromatic carbocycles. The molecule has 2 fully saturated rings. The van der Waals surface area contributed by atoms with Crippen LogP contribution in [0.4, 0.5) is 14.6 Å². The Morgan fingerprint density at radius 2 is 1.77 bits per heavy atom. The molecule has 0 amide bonds. The lowest BCUT2D eigenvalue weighted by atomic mass is 9.80. The first kappa shape index (κ1) is 21.5. The lowest BCUT2D eigenvalue weighted by Crippen LogP contribution is -2.76. The fourth-order valence-electron chi connectivity index (χ4n) is 4.50. The van der Waals surface area contributed by atoms with Gasteiger partial charge in [-0.3, -0.25) is 4.57 Å². The molecule has 10 heteroatoms. The van der Waals surface area contributed by atoms with Crippen LogP contribution in [-0.2, 0) is 6.54 Å². The van der Waals surface area contributed by atoms with E-state index in [4.69, 9.17) is 4.74 Å². The normalized spacial score (nSPS) is 16.1. The summed E-state index contributed by atoms with van der Waals surface area (Å²) in [6.07, 6.45) is 4.19. The molecule has 2 aliphatic heterocycles. The predicted octanol–water partition coefficient (Wildman–Crippen LogP) is 3.10. The Morgan fingerprint density at radius 1 is 1.03 bits per heavy atom. The van der Waals surface area contributed by atoms with Crippen molar-refractivity contribution in [1.82, 2.24) is 24.6 Å². The topological polar surface area (TPSA) is 77.2 Å². The van der Waals surface area contributed by atoms with Crippen molar-refractivity contribution in [2.75, 3.05) is 24.5 Å². The van der Waals surface area contributed by atoms with Gasteiger partial charge in [-0.2, -0.15) is 9.78 Å². The third kappa shape index (κ3) is 3.95. The van der Waals surface area contributed by atoms with Crippen molar-refractivity contribution in [2.24, 2.45) is 0 Å². The van der Waals surface area contributed by atoms with Gasteiger partial charge < -0.3 is 15.0 Å². The molecule has 2 saturated heterocycles. The maximum absolute atomic E-state index is 14.0. The van der Waals surface area contributed by atoms with Crippen LogP contribution in [-0.4, -0.2) is 44.5 Å². The van der Waals surface area contributed by atoms with Gasteiger partial charge in [-0.15, -0.1) is 0 Å². The zero-order valence-electron chi connectivity index (χ0n) is 18.7. The van der Waals surface area contributed by atoms with Gasteiger partial charge in [0, 0.05) is 30.9 Å². The third-order valence-electron chi connectivity index (χ3n) is 6.57. The first-order valence-corrected chi connectivity index (χ1v) is 11.3. The highest BCUT2D eigenvalue weighted by Crippen LogP contribution is 2.34. The Balaban J connectivity index is 1.15. The zero-order valence-corrected chi connectivity index (χ0v) is 18.7. The minimum Gasteiger partial charge on any atom is -0.457 e. The third-order valence-corrected chi connectivity index (χ3v) is 6.57. The van der Waals surface area contributed by atoms with E-state index in [2.05, 4.69) is 20.3 Å². The molecule has 178 valence electrons. The molecular weight excluding hydrogens is 454 g/mol. The second kappa shape index (κ2) is 8.31. The van der Waals surface area contributed by atoms with Gasteiger partial charge >= 0.3 is 5.69 Å². The number of nitrogens with zero attached hydrogens (tertiary/aromatic N) is 5. The van der Waals surface area contributed by atoms with Gasteiger partial charge in [0.05, 0.1) is 17.8 Å². The number of anilines is 1. The van der Waals surface area contributed by atoms with Crippen LogP contribution in [0.2, 0.25) is 0 Å². The molecule has 4 aromatic rings. The Morgan fingerprint density at radius 3 is 2.46 bits per heavy atom. The van der Waals surface area contributed by atoms with E-state index in [9.17, 15) is 13.6 Å². The summed E-state index contributed by atoms with van der Waals surface area (Å²) in [5.41, 5.74) is 0.0767. The van der Waals surface area contributed by atoms with Crippen molar-refractivity contribution in [2.45, 2.75) is 18.5 Å². The fourth-order valence-corrected chi connectivity index (χ4v) is 4.50. The average molecular weight is 476 g/mol. The first-order valence-electron chi connectivity index (χ1n) is 11.3. The molecular formula is C25H22F2N6O2. The van der Waals surface area contributed by atoms with Crippen LogP contribution in [0.5, 0.6) is 11.5 Å². The van der Waals surface area contributed by atoms with Crippen LogP contribution in [0.1, 0.15) is 12.0 Å². The number of halogens is 2. The number of rotatable bonds is 6. The minimum atomic E-state index is -0.709. The summed E-state index contributed by atoms with van der Waals surface area (Å²) in [4.78, 5) is 19.4. The summed E-state index contributed by atoms with van der Waals surface area (Å²) < 4.78 is 36.2. The van der Waals surface area contributed by atoms with E-state index < -0.39 is 17.3 Å². The summed E-state index contributed by atoms with van der Waals surface area (Å²) in [6.45, 7) is 2.72. The van der Waals surface area contributed by atoms with Crippen molar-refractivity contribution < 1.29 is 13.5 Å². The molecule has 2 aliphatic rings. The highest BCUT2D eigenvalue weighted by Gasteiger charge is 2.47. The van der Waals surface area contributed by atoms with E-state index in [1.165, 1.54) is 23.5 Å². The van der Waals surface area contributed by atoms with Crippen LogP contribution >= 0.6 is 0 Å². The van der Waals surface area contributed by atoms with Gasteiger partial charge in [0.15, 0.2) is 0 Å². The first-order chi connectivity index (χ1) is 17.0. The van der Waals surface area contributed by atoms with E-state index in [0.717, 1.165) is 42.2 Å². The largest absolute Gasteiger partial charge is 0.457 e. The van der Waals surface area contributed by atoms with Gasteiger partial charge in [0.2, 0.25) is 0 Å². The van der Waals surface area contributed by atoms with Gasteiger partial charge in [0.25, 0.3) is 0 Å². The second-order valence-corrected chi connectivity index (χ2v) is 8.91. The number of hydrogen-bond acceptors (Lipinski definition) is 6. The van der Waals surface area contributed by atoms with Gasteiger partial charge in [-0.25, -0.2) is 18.6 Å². The smallest absolute Gasteiger partial charge is 0.350 e. The molecule has 0 atom stereocenters. The number of nitrogens with one attached hydrogen (secondary N) is 1. The monoisotopic (exact) mass is 476 g/mol. The van der Waals surface area contributed by atoms with Crippen LogP contribution < -0.4 is 20.6 Å². The van der Waals surface area contributed by atoms with E-state index in [-0.39, 0.29) is 17.6 Å². The van der Waals surface area contributed by atoms with Crippen molar-refractivity contribution in [1.29, 1.82) is 0 Å². The Kier molecular flexibility index (Phi) is 5.10. The van der Waals surface area contributed by atoms with Crippen molar-refractivity contribution in [3.8, 4) is 17.2 Å². The molecule has 0 bridgehead atoms. The summed E-state index contributed by atoms with van der Waals surface area (Å²) in [6, 6.07) is 14.2. The van der Waals surface area contributed by atoms with Crippen LogP contribution in [0.25, 0.3) is 5.69 Å². The molecule has 6 rings (SSSR count). The molecule has 35 heavy (non-hydrogen) atoms. The van der Waals surface area contributed by atoms with Gasteiger partial charge in [0.1, 0.15) is 35.3 Å². The van der Waals surface area contributed by atoms with Crippen LogP contribution in [0.3, 0.4) is 0 Å². The number of aromatic nitrogens is 4. The SMILES string of the molecule is O=c1n(Cc2c(F)cccc2F)cnn1-c1ccc(Oc2ccnc(N3CC4(CCN4)C3)c2)cc1. The lowest BCUT2D eigenvalue weighted by Gasteiger charge is -2.56. The summed E-state index contributed by atoms with van der Waals surface area (Å²) in [5, 5.41) is 7.58. The number of hydrogen-bond donors (Lipinski definition) is 1. The van der Waals surface area contributed by atoms with Crippen LogP contribution in [0.15, 0.2) is 71.9 Å². The Labute approximate surface area is 199 Å². The second-order valence-electron chi connectivity index (χ2n) is 8.91. The Hall–Kier alpha value is -4.05. The number of ether oxygens (including phenoxy) is 1. The number of benzene rings is 2. The van der Waals surface area contributed by atoms with Gasteiger partial charge in [-0.1, -0.05) is 6.07 Å². The Bertz CT molecular complexity index is 1420. The van der Waals surface area contributed by atoms with Crippen LogP contribution in [0, 0.1) is 11.6 Å². The molecule has 8 nitrogen and oxygen atoms in total. The molecule has 0 aliphatic carbocycles. The standard InChI is InChI=1S/C25H22F2N6O2/c26-21-2-1-3-22(27)20(21)13-31-16-30-33(24(31)34)17-4-6-18(7-5-17)35-19-8-10-28-23(12-19)32-14-25(15-32)9-11-29-25/h1-8,10,12,16,29H,9,11,13-15H2. The molecule has 0 radical (unpaired) electrons. The van der Waals surface area contributed by atoms with E-state index >= 15 is 0 Å². The quantitative estimate of drug-likeness (QED) is 0.461. The van der Waals surface area contributed by atoms with E-state index in [0.29, 0.717) is 17.2 Å². The highest BCUT2D eigenvalue weighted by molar-refractivity contribution is 5.50. The van der Waals surface area contributed by atoms with Crippen molar-refractivity contribution in [3.05, 3.63) is 94.8 Å². The van der Waals surface area contributed by atoms with Crippen molar-refractivity contribution in [3.63, 3.8) is 0 Å². The highest BCUT2D eigenvalue weighted by atomic mass is 19.1. The maximum Gasteiger partial charge on any atom is 0.350 e. The summed E-state index contributed by atoms with van der Waals surface area (Å²) in [7, 11) is 0.